The number of para-hydroxylation sites is 1. The molecule has 9 aromatic rings. The first-order valence-electron chi connectivity index (χ1n) is 23.8. The van der Waals surface area contributed by atoms with Crippen molar-refractivity contribution >= 4 is 44.4 Å². The molecule has 8 aromatic carbocycles. The average molecular weight is 893 g/mol. The van der Waals surface area contributed by atoms with Crippen molar-refractivity contribution in [2.45, 2.75) is 24.7 Å². The molecule has 0 spiro atoms. The summed E-state index contributed by atoms with van der Waals surface area (Å²) in [6.45, 7) is 0. The second-order valence-corrected chi connectivity index (χ2v) is 18.3. The van der Waals surface area contributed by atoms with Crippen molar-refractivity contribution in [2.75, 3.05) is 0 Å². The van der Waals surface area contributed by atoms with Crippen LogP contribution in [0, 0.1) is 11.8 Å². The molecule has 2 aliphatic heterocycles. The fourth-order valence-electron chi connectivity index (χ4n) is 10.5. The topological polar surface area (TPSA) is 86.0 Å². The monoisotopic (exact) mass is 892 g/mol. The van der Waals surface area contributed by atoms with Gasteiger partial charge in [-0.3, -0.25) is 10.6 Å². The van der Waals surface area contributed by atoms with Crippen LogP contribution in [-0.2, 0) is 0 Å². The molecule has 0 radical (unpaired) electrons. The lowest BCUT2D eigenvalue weighted by atomic mass is 9.78. The summed E-state index contributed by atoms with van der Waals surface area (Å²) in [6, 6.07) is 66.6. The molecule has 0 saturated heterocycles. The van der Waals surface area contributed by atoms with Crippen molar-refractivity contribution in [3.05, 3.63) is 264 Å². The number of furan rings is 1. The predicted molar refractivity (Wildman–Crippen MR) is 282 cm³/mol. The zero-order valence-corrected chi connectivity index (χ0v) is 37.7. The molecule has 4 aliphatic rings. The van der Waals surface area contributed by atoms with E-state index in [-0.39, 0.29) is 30.6 Å². The Morgan fingerprint density at radius 3 is 1.96 bits per heavy atom. The Labute approximate surface area is 401 Å². The maximum atomic E-state index is 6.67. The summed E-state index contributed by atoms with van der Waals surface area (Å²) in [6.07, 6.45) is 14.8. The number of nitrogens with one attached hydrogen (secondary N) is 4. The summed E-state index contributed by atoms with van der Waals surface area (Å²) < 4.78 is 6.67. The highest BCUT2D eigenvalue weighted by Crippen LogP contribution is 2.41. The summed E-state index contributed by atoms with van der Waals surface area (Å²) in [4.78, 5) is 10.6. The largest absolute Gasteiger partial charge is 0.456 e. The fraction of sp³-hybridized carbons (Fsp3) is 0.0968. The van der Waals surface area contributed by atoms with E-state index in [4.69, 9.17) is 14.4 Å². The predicted octanol–water partition coefficient (Wildman–Crippen LogP) is 13.2. The van der Waals surface area contributed by atoms with Crippen molar-refractivity contribution in [1.29, 1.82) is 0 Å². The summed E-state index contributed by atoms with van der Waals surface area (Å²) in [5, 5.41) is 19.8. The van der Waals surface area contributed by atoms with Gasteiger partial charge in [-0.25, -0.2) is 9.98 Å². The molecule has 0 fully saturated rings. The van der Waals surface area contributed by atoms with Gasteiger partial charge in [-0.1, -0.05) is 200 Å². The quantitative estimate of drug-likeness (QED) is 0.122. The molecular formula is C62H48N6O. The summed E-state index contributed by atoms with van der Waals surface area (Å²) >= 11 is 0. The second-order valence-electron chi connectivity index (χ2n) is 18.3. The van der Waals surface area contributed by atoms with Gasteiger partial charge in [0.15, 0.2) is 0 Å². The molecule has 0 saturated carbocycles. The first-order chi connectivity index (χ1) is 34.1. The van der Waals surface area contributed by atoms with Crippen LogP contribution in [0.15, 0.2) is 251 Å². The number of allylic oxidation sites excluding steroid dienone is 7. The molecule has 0 amide bonds. The van der Waals surface area contributed by atoms with Gasteiger partial charge in [0, 0.05) is 33.7 Å². The van der Waals surface area contributed by atoms with E-state index in [1.807, 2.05) is 18.2 Å². The lowest BCUT2D eigenvalue weighted by molar-refractivity contribution is 0.406. The molecule has 3 heterocycles. The van der Waals surface area contributed by atoms with E-state index in [9.17, 15) is 0 Å². The zero-order chi connectivity index (χ0) is 45.7. The minimum absolute atomic E-state index is 0.164. The number of aliphatic imine (C=N–C) groups is 2. The molecule has 7 heteroatoms. The SMILES string of the molecule is C1=CC2C=CC=C(C3N=C(c4cccc(-c5cc(-c6ccc(C7NC(c8ccccc8)=NC(c8ccccc8)N7)cc6)cc6oc7ccccc7c56)c4)NC(c4ccc5ccccc5c4)N3)C2C=C1. The molecule has 6 atom stereocenters. The standard InChI is InChI=1S/C62H48N6O/c1-3-17-42(18-4-1)57-63-58(43-19-5-2-6-20-43)65-59(64-57)44-32-29-40(30-33-44)49-37-53(56-52-26-11-12-28-54(52)69-55(56)38-49)46-23-13-24-47(36-46)60-66-61(48-34-31-39-15-7-8-21-45(39)35-48)68-62(67-60)51-27-14-22-41-16-9-10-25-50(41)51/h1-38,41,50,57,59,61-62,64,68H,(H,63,65)(H,66,67). The lowest BCUT2D eigenvalue weighted by Gasteiger charge is -2.37. The van der Waals surface area contributed by atoms with Gasteiger partial charge in [0.2, 0.25) is 0 Å². The van der Waals surface area contributed by atoms with Gasteiger partial charge in [0.05, 0.1) is 0 Å². The van der Waals surface area contributed by atoms with E-state index in [0.29, 0.717) is 5.92 Å². The Kier molecular flexibility index (Phi) is 10.3. The van der Waals surface area contributed by atoms with Gasteiger partial charge < -0.3 is 15.1 Å². The van der Waals surface area contributed by atoms with Gasteiger partial charge >= 0.3 is 0 Å². The molecule has 69 heavy (non-hydrogen) atoms. The maximum Gasteiger partial charge on any atom is 0.136 e. The van der Waals surface area contributed by atoms with Gasteiger partial charge in [-0.05, 0) is 85.6 Å². The third kappa shape index (κ3) is 7.78. The number of rotatable bonds is 8. The third-order valence-electron chi connectivity index (χ3n) is 14.0. The van der Waals surface area contributed by atoms with Crippen molar-refractivity contribution in [2.24, 2.45) is 21.8 Å². The van der Waals surface area contributed by atoms with Crippen molar-refractivity contribution < 1.29 is 4.42 Å². The highest BCUT2D eigenvalue weighted by atomic mass is 16.3. The molecule has 0 bridgehead atoms. The van der Waals surface area contributed by atoms with E-state index in [2.05, 4.69) is 234 Å². The Balaban J connectivity index is 0.875. The molecule has 332 valence electrons. The number of nitrogens with zero attached hydrogens (tertiary/aromatic N) is 2. The van der Waals surface area contributed by atoms with Gasteiger partial charge in [0.25, 0.3) is 0 Å². The van der Waals surface area contributed by atoms with Crippen LogP contribution in [0.1, 0.15) is 46.3 Å². The van der Waals surface area contributed by atoms with E-state index in [0.717, 1.165) is 83.7 Å². The van der Waals surface area contributed by atoms with Crippen LogP contribution in [0.25, 0.3) is 55.0 Å². The van der Waals surface area contributed by atoms with E-state index >= 15 is 0 Å². The van der Waals surface area contributed by atoms with E-state index in [1.54, 1.807) is 0 Å². The highest BCUT2D eigenvalue weighted by Gasteiger charge is 2.33. The number of hydrogen-bond acceptors (Lipinski definition) is 7. The highest BCUT2D eigenvalue weighted by molar-refractivity contribution is 6.14. The Bertz CT molecular complexity index is 3600. The zero-order valence-electron chi connectivity index (χ0n) is 37.7. The van der Waals surface area contributed by atoms with E-state index < -0.39 is 0 Å². The first-order valence-corrected chi connectivity index (χ1v) is 23.8. The average Bonchev–Trinajstić information content (AvgIpc) is 3.81. The van der Waals surface area contributed by atoms with E-state index in [1.165, 1.54) is 16.3 Å². The number of benzene rings is 8. The molecule has 4 N–H and O–H groups in total. The molecule has 2 aliphatic carbocycles. The van der Waals surface area contributed by atoms with Crippen LogP contribution in [0.4, 0.5) is 0 Å². The van der Waals surface area contributed by atoms with Gasteiger partial charge in [-0.2, -0.15) is 0 Å². The molecule has 7 nitrogen and oxygen atoms in total. The fourth-order valence-corrected chi connectivity index (χ4v) is 10.5. The summed E-state index contributed by atoms with van der Waals surface area (Å²) in [5.74, 6) is 2.24. The Morgan fingerprint density at radius 1 is 0.420 bits per heavy atom. The summed E-state index contributed by atoms with van der Waals surface area (Å²) in [7, 11) is 0. The number of amidine groups is 2. The molecular weight excluding hydrogens is 845 g/mol. The smallest absolute Gasteiger partial charge is 0.136 e. The normalized spacial score (nSPS) is 21.8. The second kappa shape index (κ2) is 17.4. The van der Waals surface area contributed by atoms with Crippen molar-refractivity contribution in [3.8, 4) is 22.3 Å². The maximum absolute atomic E-state index is 6.67. The van der Waals surface area contributed by atoms with Crippen LogP contribution >= 0.6 is 0 Å². The lowest BCUT2D eigenvalue weighted by Crippen LogP contribution is -2.50. The van der Waals surface area contributed by atoms with Crippen LogP contribution in [0.2, 0.25) is 0 Å². The minimum Gasteiger partial charge on any atom is -0.456 e. The van der Waals surface area contributed by atoms with Crippen molar-refractivity contribution in [3.63, 3.8) is 0 Å². The number of fused-ring (bicyclic) bond motifs is 5. The van der Waals surface area contributed by atoms with Crippen LogP contribution in [-0.4, -0.2) is 17.8 Å². The molecule has 6 unspecified atom stereocenters. The van der Waals surface area contributed by atoms with Gasteiger partial charge in [0.1, 0.15) is 47.5 Å². The Morgan fingerprint density at radius 2 is 1.09 bits per heavy atom. The third-order valence-corrected chi connectivity index (χ3v) is 14.0. The first kappa shape index (κ1) is 40.9. The minimum atomic E-state index is -0.244. The molecule has 13 rings (SSSR count). The summed E-state index contributed by atoms with van der Waals surface area (Å²) in [5.41, 5.74) is 12.8. The van der Waals surface area contributed by atoms with Crippen LogP contribution < -0.4 is 21.3 Å². The molecule has 1 aromatic heterocycles. The van der Waals surface area contributed by atoms with Crippen molar-refractivity contribution in [1.82, 2.24) is 21.3 Å². The van der Waals surface area contributed by atoms with Crippen LogP contribution in [0.5, 0.6) is 0 Å². The van der Waals surface area contributed by atoms with Crippen LogP contribution in [0.3, 0.4) is 0 Å². The number of hydrogen-bond donors (Lipinski definition) is 4. The Hall–Kier alpha value is -8.36. The van der Waals surface area contributed by atoms with Gasteiger partial charge in [-0.15, -0.1) is 0 Å².